The Morgan fingerprint density at radius 3 is 2.54 bits per heavy atom. The maximum atomic E-state index is 13.2. The van der Waals surface area contributed by atoms with Crippen LogP contribution in [0.4, 0.5) is 0 Å². The number of Topliss-reactive ketones (excluding diaryl/α,β-unsaturated/α-hetero) is 1. The summed E-state index contributed by atoms with van der Waals surface area (Å²) in [5.74, 6) is 0.365. The molecule has 1 saturated heterocycles. The van der Waals surface area contributed by atoms with E-state index in [1.165, 1.54) is 5.56 Å². The molecule has 9 nitrogen and oxygen atoms in total. The van der Waals surface area contributed by atoms with Gasteiger partial charge < -0.3 is 9.30 Å². The number of fused-ring (bicyclic) bond motifs is 3. The number of carbonyl (C=O) groups is 1. The number of carbonyl (C=O) groups excluding carboxylic acids is 1. The fraction of sp³-hybridized carbons (Fsp3) is 0.393. The largest absolute Gasteiger partial charge is 0.381 e. The molecule has 6 rings (SSSR count). The van der Waals surface area contributed by atoms with Crippen molar-refractivity contribution in [3.05, 3.63) is 59.5 Å². The smallest absolute Gasteiger partial charge is 0.184 e. The van der Waals surface area contributed by atoms with Gasteiger partial charge >= 0.3 is 0 Å². The molecule has 0 amide bonds. The molecule has 9 heteroatoms. The molecule has 1 atom stereocenters. The summed E-state index contributed by atoms with van der Waals surface area (Å²) in [6.07, 6.45) is 4.14. The first-order chi connectivity index (χ1) is 18.0. The average molecular weight is 498 g/mol. The summed E-state index contributed by atoms with van der Waals surface area (Å²) in [6, 6.07) is 12.7. The first kappa shape index (κ1) is 23.5. The molecule has 190 valence electrons. The van der Waals surface area contributed by atoms with Crippen LogP contribution in [0.2, 0.25) is 0 Å². The lowest BCUT2D eigenvalue weighted by Crippen LogP contribution is -2.27. The number of hydrogen-bond donors (Lipinski definition) is 0. The van der Waals surface area contributed by atoms with Gasteiger partial charge in [0.1, 0.15) is 16.6 Å². The third-order valence-electron chi connectivity index (χ3n) is 7.60. The first-order valence-electron chi connectivity index (χ1n) is 12.9. The second kappa shape index (κ2) is 9.23. The Bertz CT molecular complexity index is 1590. The van der Waals surface area contributed by atoms with Crippen molar-refractivity contribution in [1.82, 2.24) is 34.3 Å². The summed E-state index contributed by atoms with van der Waals surface area (Å²) in [6.45, 7) is 5.30. The van der Waals surface area contributed by atoms with Crippen LogP contribution in [0, 0.1) is 12.8 Å². The Kier molecular flexibility index (Phi) is 5.87. The van der Waals surface area contributed by atoms with Crippen LogP contribution in [-0.4, -0.2) is 53.3 Å². The zero-order valence-corrected chi connectivity index (χ0v) is 21.7. The van der Waals surface area contributed by atoms with Crippen molar-refractivity contribution in [2.45, 2.75) is 39.2 Å². The number of benzene rings is 1. The molecule has 0 radical (unpaired) electrons. The van der Waals surface area contributed by atoms with E-state index in [1.807, 2.05) is 44.9 Å². The summed E-state index contributed by atoms with van der Waals surface area (Å²) >= 11 is 0. The van der Waals surface area contributed by atoms with Crippen LogP contribution >= 0.6 is 0 Å². The van der Waals surface area contributed by atoms with Gasteiger partial charge in [-0.3, -0.25) is 14.5 Å². The van der Waals surface area contributed by atoms with E-state index in [4.69, 9.17) is 14.8 Å². The van der Waals surface area contributed by atoms with E-state index in [0.29, 0.717) is 18.0 Å². The fourth-order valence-corrected chi connectivity index (χ4v) is 5.89. The van der Waals surface area contributed by atoms with Gasteiger partial charge in [0.25, 0.3) is 0 Å². The Balaban J connectivity index is 1.72. The summed E-state index contributed by atoms with van der Waals surface area (Å²) in [7, 11) is 3.79. The molecule has 37 heavy (non-hydrogen) atoms. The van der Waals surface area contributed by atoms with Gasteiger partial charge in [0.05, 0.1) is 22.9 Å². The molecule has 5 aromatic rings. The number of ether oxygens (including phenoxy) is 1. The number of hydrogen-bond acceptors (Lipinski definition) is 6. The summed E-state index contributed by atoms with van der Waals surface area (Å²) in [5, 5.41) is 13.2. The number of pyridine rings is 1. The quantitative estimate of drug-likeness (QED) is 0.318. The predicted molar refractivity (Wildman–Crippen MR) is 141 cm³/mol. The van der Waals surface area contributed by atoms with E-state index in [2.05, 4.69) is 45.2 Å². The zero-order valence-electron chi connectivity index (χ0n) is 21.7. The highest BCUT2D eigenvalue weighted by Gasteiger charge is 2.33. The maximum absolute atomic E-state index is 13.2. The van der Waals surface area contributed by atoms with Crippen LogP contribution < -0.4 is 0 Å². The van der Waals surface area contributed by atoms with E-state index in [0.717, 1.165) is 65.1 Å². The molecule has 1 aliphatic heterocycles. The predicted octanol–water partition coefficient (Wildman–Crippen LogP) is 4.64. The minimum atomic E-state index is 0.000477. The van der Waals surface area contributed by atoms with Crippen molar-refractivity contribution in [3.63, 3.8) is 0 Å². The topological polar surface area (TPSA) is 92.7 Å². The molecular formula is C28H31N7O2. The van der Waals surface area contributed by atoms with Gasteiger partial charge in [-0.05, 0) is 37.3 Å². The van der Waals surface area contributed by atoms with Gasteiger partial charge in [-0.25, -0.2) is 4.68 Å². The Hall–Kier alpha value is -3.85. The maximum Gasteiger partial charge on any atom is 0.184 e. The zero-order chi connectivity index (χ0) is 25.7. The normalized spacial score (nSPS) is 15.6. The molecule has 4 aromatic heterocycles. The van der Waals surface area contributed by atoms with Crippen molar-refractivity contribution in [2.24, 2.45) is 20.0 Å². The van der Waals surface area contributed by atoms with Gasteiger partial charge in [-0.2, -0.15) is 5.10 Å². The second-order valence-corrected chi connectivity index (χ2v) is 9.86. The van der Waals surface area contributed by atoms with Crippen LogP contribution in [0.15, 0.2) is 42.6 Å². The molecule has 1 fully saturated rings. The third-order valence-corrected chi connectivity index (χ3v) is 7.60. The molecule has 1 aromatic carbocycles. The second-order valence-electron chi connectivity index (χ2n) is 9.86. The van der Waals surface area contributed by atoms with Crippen molar-refractivity contribution in [2.75, 3.05) is 13.2 Å². The molecule has 0 N–H and O–H groups in total. The lowest BCUT2D eigenvalue weighted by atomic mass is 9.86. The van der Waals surface area contributed by atoms with Crippen LogP contribution in [0.3, 0.4) is 0 Å². The molecule has 0 saturated carbocycles. The monoisotopic (exact) mass is 497 g/mol. The summed E-state index contributed by atoms with van der Waals surface area (Å²) in [4.78, 5) is 18.2. The Labute approximate surface area is 215 Å². The number of rotatable bonds is 6. The SMILES string of the molecule is CCC(=O)c1nn(C)c2c3ncc(-c4c(C)nnn4C)cc3n(C(c3ccccc3)C3CCOCC3)c12. The van der Waals surface area contributed by atoms with Crippen molar-refractivity contribution in [3.8, 4) is 11.3 Å². The van der Waals surface area contributed by atoms with Crippen LogP contribution in [-0.2, 0) is 18.8 Å². The Morgan fingerprint density at radius 2 is 1.86 bits per heavy atom. The van der Waals surface area contributed by atoms with Gasteiger partial charge in [-0.1, -0.05) is 42.5 Å². The highest BCUT2D eigenvalue weighted by Crippen LogP contribution is 2.42. The lowest BCUT2D eigenvalue weighted by Gasteiger charge is -2.33. The first-order valence-corrected chi connectivity index (χ1v) is 12.9. The average Bonchev–Trinajstić information content (AvgIpc) is 3.56. The molecular weight excluding hydrogens is 466 g/mol. The standard InChI is InChI=1S/C28H31N7O2/c1-5-22(36)24-28-27(33(3)31-24)23-21(15-20(16-29-23)25-17(2)30-32-34(25)4)35(28)26(18-9-7-6-8-10-18)19-11-13-37-14-12-19/h6-10,15-16,19,26H,5,11-14H2,1-4H3. The number of nitrogens with zero attached hydrogens (tertiary/aromatic N) is 7. The van der Waals surface area contributed by atoms with Gasteiger partial charge in [0.15, 0.2) is 11.5 Å². The minimum Gasteiger partial charge on any atom is -0.381 e. The van der Waals surface area contributed by atoms with E-state index in [-0.39, 0.29) is 11.8 Å². The molecule has 5 heterocycles. The van der Waals surface area contributed by atoms with Crippen LogP contribution in [0.5, 0.6) is 0 Å². The fourth-order valence-electron chi connectivity index (χ4n) is 5.89. The number of aromatic nitrogens is 7. The van der Waals surface area contributed by atoms with E-state index >= 15 is 0 Å². The van der Waals surface area contributed by atoms with Gasteiger partial charge in [0, 0.05) is 45.5 Å². The molecule has 0 bridgehead atoms. The molecule has 0 spiro atoms. The van der Waals surface area contributed by atoms with E-state index in [9.17, 15) is 4.79 Å². The summed E-state index contributed by atoms with van der Waals surface area (Å²) in [5.41, 5.74) is 7.98. The van der Waals surface area contributed by atoms with Gasteiger partial charge in [-0.15, -0.1) is 5.10 Å². The third kappa shape index (κ3) is 3.76. The molecule has 0 aliphatic carbocycles. The van der Waals surface area contributed by atoms with Gasteiger partial charge in [0.2, 0.25) is 0 Å². The number of aryl methyl sites for hydroxylation is 3. The van der Waals surface area contributed by atoms with Crippen molar-refractivity contribution < 1.29 is 9.53 Å². The Morgan fingerprint density at radius 1 is 1.11 bits per heavy atom. The highest BCUT2D eigenvalue weighted by molar-refractivity contribution is 6.13. The van der Waals surface area contributed by atoms with E-state index < -0.39 is 0 Å². The van der Waals surface area contributed by atoms with Crippen molar-refractivity contribution in [1.29, 1.82) is 0 Å². The molecule has 1 unspecified atom stereocenters. The van der Waals surface area contributed by atoms with Crippen molar-refractivity contribution >= 4 is 27.9 Å². The summed E-state index contributed by atoms with van der Waals surface area (Å²) < 4.78 is 11.7. The lowest BCUT2D eigenvalue weighted by molar-refractivity contribution is 0.0552. The van der Waals surface area contributed by atoms with Crippen LogP contribution in [0.25, 0.3) is 33.3 Å². The van der Waals surface area contributed by atoms with E-state index in [1.54, 1.807) is 4.68 Å². The molecule has 1 aliphatic rings. The van der Waals surface area contributed by atoms with Crippen LogP contribution in [0.1, 0.15) is 54.0 Å². The minimum absolute atomic E-state index is 0.000477. The highest BCUT2D eigenvalue weighted by atomic mass is 16.5. The number of ketones is 1.